The third-order valence-corrected chi connectivity index (χ3v) is 4.88. The predicted molar refractivity (Wildman–Crippen MR) is 102 cm³/mol. The lowest BCUT2D eigenvalue weighted by atomic mass is 9.73. The van der Waals surface area contributed by atoms with Crippen molar-refractivity contribution in [3.05, 3.63) is 59.7 Å². The molecule has 25 heavy (non-hydrogen) atoms. The van der Waals surface area contributed by atoms with Gasteiger partial charge in [-0.2, -0.15) is 0 Å². The highest BCUT2D eigenvalue weighted by Gasteiger charge is 2.28. The van der Waals surface area contributed by atoms with Crippen molar-refractivity contribution in [2.75, 3.05) is 13.7 Å². The van der Waals surface area contributed by atoms with Crippen molar-refractivity contribution in [3.63, 3.8) is 0 Å². The molecule has 0 saturated heterocycles. The molecule has 2 rings (SSSR count). The fourth-order valence-electron chi connectivity index (χ4n) is 3.02. The van der Waals surface area contributed by atoms with E-state index < -0.39 is 0 Å². The molecule has 0 spiro atoms. The first-order valence-electron chi connectivity index (χ1n) is 8.89. The number of methoxy groups -OCH3 is 1. The zero-order chi connectivity index (χ0) is 18.5. The van der Waals surface area contributed by atoms with Crippen LogP contribution in [0.25, 0.3) is 0 Å². The first-order chi connectivity index (χ1) is 11.8. The SMILES string of the molecule is CCCC(C)(c1ccc(O)cc1)c1ccc(OCC(C)(C)OC)cc1. The fraction of sp³-hybridized carbons (Fsp3) is 0.455. The van der Waals surface area contributed by atoms with Crippen LogP contribution in [-0.4, -0.2) is 24.4 Å². The number of rotatable bonds is 8. The molecule has 2 aromatic rings. The Hall–Kier alpha value is -2.00. The second kappa shape index (κ2) is 7.92. The van der Waals surface area contributed by atoms with E-state index in [4.69, 9.17) is 9.47 Å². The van der Waals surface area contributed by atoms with Gasteiger partial charge in [0.1, 0.15) is 18.1 Å². The molecule has 1 atom stereocenters. The Kier molecular flexibility index (Phi) is 6.12. The van der Waals surface area contributed by atoms with Gasteiger partial charge in [0.15, 0.2) is 0 Å². The van der Waals surface area contributed by atoms with Crippen molar-refractivity contribution in [1.82, 2.24) is 0 Å². The zero-order valence-corrected chi connectivity index (χ0v) is 16.0. The molecule has 136 valence electrons. The lowest BCUT2D eigenvalue weighted by Gasteiger charge is -2.31. The smallest absolute Gasteiger partial charge is 0.119 e. The summed E-state index contributed by atoms with van der Waals surface area (Å²) < 4.78 is 11.2. The van der Waals surface area contributed by atoms with Gasteiger partial charge in [-0.3, -0.25) is 0 Å². The predicted octanol–water partition coefficient (Wildman–Crippen LogP) is 5.30. The maximum Gasteiger partial charge on any atom is 0.119 e. The van der Waals surface area contributed by atoms with Gasteiger partial charge >= 0.3 is 0 Å². The van der Waals surface area contributed by atoms with Crippen LogP contribution in [0.5, 0.6) is 11.5 Å². The van der Waals surface area contributed by atoms with Crippen molar-refractivity contribution in [2.45, 2.75) is 51.6 Å². The maximum atomic E-state index is 9.58. The summed E-state index contributed by atoms with van der Waals surface area (Å²) in [6, 6.07) is 15.9. The van der Waals surface area contributed by atoms with Crippen LogP contribution in [-0.2, 0) is 10.2 Å². The van der Waals surface area contributed by atoms with E-state index in [1.165, 1.54) is 11.1 Å². The number of phenols is 1. The summed E-state index contributed by atoms with van der Waals surface area (Å²) in [5, 5.41) is 9.58. The summed E-state index contributed by atoms with van der Waals surface area (Å²) >= 11 is 0. The summed E-state index contributed by atoms with van der Waals surface area (Å²) in [5.41, 5.74) is 2.06. The summed E-state index contributed by atoms with van der Waals surface area (Å²) in [4.78, 5) is 0. The average molecular weight is 342 g/mol. The minimum absolute atomic E-state index is 0.0905. The summed E-state index contributed by atoms with van der Waals surface area (Å²) in [6.45, 7) is 8.97. The molecule has 3 heteroatoms. The average Bonchev–Trinajstić information content (AvgIpc) is 2.61. The Morgan fingerprint density at radius 2 is 1.40 bits per heavy atom. The van der Waals surface area contributed by atoms with Crippen LogP contribution < -0.4 is 4.74 Å². The number of ether oxygens (including phenoxy) is 2. The standard InChI is InChI=1S/C22H30O3/c1-6-15-22(4,17-7-11-19(23)12-8-17)18-9-13-20(14-10-18)25-16-21(2,3)24-5/h7-14,23H,6,15-16H2,1-5H3. The van der Waals surface area contributed by atoms with Gasteiger partial charge in [-0.15, -0.1) is 0 Å². The van der Waals surface area contributed by atoms with Gasteiger partial charge in [0, 0.05) is 12.5 Å². The molecule has 0 saturated carbocycles. The van der Waals surface area contributed by atoms with Gasteiger partial charge < -0.3 is 14.6 Å². The van der Waals surface area contributed by atoms with Crippen LogP contribution in [0.15, 0.2) is 48.5 Å². The molecule has 0 amide bonds. The third kappa shape index (κ3) is 4.76. The van der Waals surface area contributed by atoms with Gasteiger partial charge in [-0.25, -0.2) is 0 Å². The summed E-state index contributed by atoms with van der Waals surface area (Å²) in [6.07, 6.45) is 2.12. The van der Waals surface area contributed by atoms with Crippen LogP contribution >= 0.6 is 0 Å². The van der Waals surface area contributed by atoms with E-state index in [1.807, 2.05) is 38.1 Å². The van der Waals surface area contributed by atoms with Crippen LogP contribution in [0.2, 0.25) is 0 Å². The molecule has 0 fully saturated rings. The molecule has 0 radical (unpaired) electrons. The molecule has 0 aliphatic rings. The van der Waals surface area contributed by atoms with Gasteiger partial charge in [0.05, 0.1) is 5.60 Å². The van der Waals surface area contributed by atoms with Crippen molar-refractivity contribution in [2.24, 2.45) is 0 Å². The lowest BCUT2D eigenvalue weighted by molar-refractivity contribution is -0.0146. The van der Waals surface area contributed by atoms with Crippen LogP contribution in [0.4, 0.5) is 0 Å². The highest BCUT2D eigenvalue weighted by molar-refractivity contribution is 5.42. The Morgan fingerprint density at radius 3 is 1.88 bits per heavy atom. The van der Waals surface area contributed by atoms with Crippen LogP contribution in [0.1, 0.15) is 51.7 Å². The quantitative estimate of drug-likeness (QED) is 0.707. The first-order valence-corrected chi connectivity index (χ1v) is 8.89. The monoisotopic (exact) mass is 342 g/mol. The van der Waals surface area contributed by atoms with E-state index in [9.17, 15) is 5.11 Å². The van der Waals surface area contributed by atoms with Gasteiger partial charge in [0.2, 0.25) is 0 Å². The van der Waals surface area contributed by atoms with Crippen molar-refractivity contribution >= 4 is 0 Å². The van der Waals surface area contributed by atoms with Crippen molar-refractivity contribution < 1.29 is 14.6 Å². The van der Waals surface area contributed by atoms with E-state index in [-0.39, 0.29) is 11.0 Å². The Labute approximate surface area is 151 Å². The number of hydrogen-bond acceptors (Lipinski definition) is 3. The molecule has 0 heterocycles. The number of aromatic hydroxyl groups is 1. The molecule has 0 bridgehead atoms. The van der Waals surface area contributed by atoms with E-state index >= 15 is 0 Å². The highest BCUT2D eigenvalue weighted by Crippen LogP contribution is 2.37. The second-order valence-corrected chi connectivity index (χ2v) is 7.41. The highest BCUT2D eigenvalue weighted by atomic mass is 16.5. The third-order valence-electron chi connectivity index (χ3n) is 4.88. The summed E-state index contributed by atoms with van der Waals surface area (Å²) in [7, 11) is 1.69. The van der Waals surface area contributed by atoms with Crippen molar-refractivity contribution in [3.8, 4) is 11.5 Å². The lowest BCUT2D eigenvalue weighted by Crippen LogP contribution is -2.30. The van der Waals surface area contributed by atoms with Crippen molar-refractivity contribution in [1.29, 1.82) is 0 Å². The molecule has 2 aromatic carbocycles. The fourth-order valence-corrected chi connectivity index (χ4v) is 3.02. The molecule has 1 N–H and O–H groups in total. The molecule has 0 aromatic heterocycles. The van der Waals surface area contributed by atoms with Gasteiger partial charge in [0.25, 0.3) is 0 Å². The van der Waals surface area contributed by atoms with E-state index in [1.54, 1.807) is 19.2 Å². The second-order valence-electron chi connectivity index (χ2n) is 7.41. The Balaban J connectivity index is 2.23. The Bertz CT molecular complexity index is 659. The van der Waals surface area contributed by atoms with Crippen LogP contribution in [0, 0.1) is 0 Å². The van der Waals surface area contributed by atoms with Gasteiger partial charge in [-0.05, 0) is 55.7 Å². The molecule has 0 aliphatic heterocycles. The molecular formula is C22H30O3. The van der Waals surface area contributed by atoms with E-state index in [2.05, 4.69) is 26.0 Å². The molecule has 0 aliphatic carbocycles. The normalized spacial score (nSPS) is 14.1. The molecule has 1 unspecified atom stereocenters. The minimum atomic E-state index is -0.304. The Morgan fingerprint density at radius 1 is 0.880 bits per heavy atom. The van der Waals surface area contributed by atoms with E-state index in [0.29, 0.717) is 12.4 Å². The molecule has 3 nitrogen and oxygen atoms in total. The number of hydrogen-bond donors (Lipinski definition) is 1. The topological polar surface area (TPSA) is 38.7 Å². The van der Waals surface area contributed by atoms with Crippen LogP contribution in [0.3, 0.4) is 0 Å². The van der Waals surface area contributed by atoms with Gasteiger partial charge in [-0.1, -0.05) is 44.5 Å². The number of phenolic OH excluding ortho intramolecular Hbond substituents is 1. The number of benzene rings is 2. The van der Waals surface area contributed by atoms with E-state index in [0.717, 1.165) is 18.6 Å². The first kappa shape index (κ1) is 19.3. The minimum Gasteiger partial charge on any atom is -0.508 e. The zero-order valence-electron chi connectivity index (χ0n) is 16.0. The maximum absolute atomic E-state index is 9.58. The molecular weight excluding hydrogens is 312 g/mol. The summed E-state index contributed by atoms with van der Waals surface area (Å²) in [5.74, 6) is 1.14. The largest absolute Gasteiger partial charge is 0.508 e.